The van der Waals surface area contributed by atoms with E-state index in [4.69, 9.17) is 0 Å². The third-order valence-electron chi connectivity index (χ3n) is 17.5. The number of hydrogen-bond acceptors (Lipinski definition) is 9. The van der Waals surface area contributed by atoms with Crippen LogP contribution in [0.2, 0.25) is 0 Å². The van der Waals surface area contributed by atoms with Gasteiger partial charge >= 0.3 is 0 Å². The second-order valence-electron chi connectivity index (χ2n) is 21.6. The average Bonchev–Trinajstić information content (AvgIpc) is 4.39. The maximum absolute atomic E-state index is 14.8. The molecule has 0 unspecified atom stereocenters. The third-order valence-corrected chi connectivity index (χ3v) is 17.5. The van der Waals surface area contributed by atoms with Crippen molar-refractivity contribution in [3.8, 4) is 0 Å². The molecule has 394 valence electrons. The molecule has 6 aliphatic rings. The van der Waals surface area contributed by atoms with Crippen LogP contribution in [-0.4, -0.2) is 85.1 Å². The highest BCUT2D eigenvalue weighted by Gasteiger charge is 2.53. The Hall–Kier alpha value is -7.88. The van der Waals surface area contributed by atoms with E-state index in [0.717, 1.165) is 51.5 Å². The van der Waals surface area contributed by atoms with Crippen LogP contribution >= 0.6 is 0 Å². The predicted molar refractivity (Wildman–Crippen MR) is 281 cm³/mol. The number of nitrogens with zero attached hydrogens (tertiary/aromatic N) is 5. The molecule has 12 rings (SSSR count). The van der Waals surface area contributed by atoms with Gasteiger partial charge in [0.1, 0.15) is 11.6 Å². The molecule has 0 saturated carbocycles. The number of carbonyl (C=O) groups excluding carboxylic acids is 6. The fraction of sp³-hybridized carbons (Fsp3) is 0.361. The highest BCUT2D eigenvalue weighted by molar-refractivity contribution is 6.08. The molecule has 4 aliphatic heterocycles. The number of likely N-dealkylation sites (tertiary alicyclic amines) is 2. The van der Waals surface area contributed by atoms with Crippen molar-refractivity contribution in [2.24, 2.45) is 11.8 Å². The number of ketones is 2. The summed E-state index contributed by atoms with van der Waals surface area (Å²) in [6, 6.07) is 26.4. The van der Waals surface area contributed by atoms with Crippen LogP contribution in [0.4, 0.5) is 24.7 Å². The first kappa shape index (κ1) is 51.2. The first-order valence-electron chi connectivity index (χ1n) is 26.5. The number of halogens is 3. The van der Waals surface area contributed by atoms with E-state index >= 15 is 0 Å². The van der Waals surface area contributed by atoms with E-state index in [9.17, 15) is 41.9 Å². The van der Waals surface area contributed by atoms with Crippen molar-refractivity contribution in [1.82, 2.24) is 24.8 Å². The fourth-order valence-electron chi connectivity index (χ4n) is 13.5. The highest BCUT2D eigenvalue weighted by atomic mass is 19.2. The second kappa shape index (κ2) is 19.9. The zero-order chi connectivity index (χ0) is 54.1. The Kier molecular flexibility index (Phi) is 13.3. The van der Waals surface area contributed by atoms with Gasteiger partial charge in [0.25, 0.3) is 0 Å². The minimum Gasteiger partial charge on any atom is -0.339 e. The van der Waals surface area contributed by atoms with Gasteiger partial charge in [-0.1, -0.05) is 54.6 Å². The van der Waals surface area contributed by atoms with E-state index < -0.39 is 51.7 Å². The van der Waals surface area contributed by atoms with Gasteiger partial charge in [0.05, 0.1) is 10.8 Å². The van der Waals surface area contributed by atoms with Gasteiger partial charge < -0.3 is 20.4 Å². The molecule has 16 heteroatoms. The number of amides is 4. The Morgan fingerprint density at radius 3 is 1.74 bits per heavy atom. The van der Waals surface area contributed by atoms with Crippen LogP contribution in [0.15, 0.2) is 110 Å². The lowest BCUT2D eigenvalue weighted by molar-refractivity contribution is -0.142. The molecule has 2 saturated heterocycles. The average molecular weight is 1040 g/mol. The van der Waals surface area contributed by atoms with Crippen molar-refractivity contribution in [3.63, 3.8) is 0 Å². The van der Waals surface area contributed by atoms with E-state index in [1.807, 2.05) is 72.5 Å². The fourth-order valence-corrected chi connectivity index (χ4v) is 13.5. The number of aromatic nitrogens is 3. The number of anilines is 2. The minimum absolute atomic E-state index is 0.0119. The van der Waals surface area contributed by atoms with Crippen molar-refractivity contribution in [1.29, 1.82) is 0 Å². The summed E-state index contributed by atoms with van der Waals surface area (Å²) in [7, 11) is 0. The summed E-state index contributed by atoms with van der Waals surface area (Å²) in [6.07, 6.45) is 7.20. The van der Waals surface area contributed by atoms with Crippen molar-refractivity contribution in [2.75, 3.05) is 23.7 Å². The topological polar surface area (TPSA) is 172 Å². The van der Waals surface area contributed by atoms with Gasteiger partial charge in [-0.15, -0.1) is 0 Å². The van der Waals surface area contributed by atoms with Crippen molar-refractivity contribution >= 4 is 46.7 Å². The Balaban J connectivity index is 0.000000164. The molecule has 6 aromatic rings. The maximum Gasteiger partial charge on any atom is 0.237 e. The van der Waals surface area contributed by atoms with Crippen LogP contribution in [0, 0.1) is 29.3 Å². The molecule has 4 amide bonds. The molecule has 0 radical (unpaired) electrons. The number of carbonyl (C=O) groups is 6. The van der Waals surface area contributed by atoms with Crippen LogP contribution in [-0.2, 0) is 55.7 Å². The Morgan fingerprint density at radius 2 is 1.13 bits per heavy atom. The Bertz CT molecular complexity index is 3430. The number of Topliss-reactive ketones (excluding diaryl/α,β-unsaturated/α-hetero) is 2. The van der Waals surface area contributed by atoms with Crippen molar-refractivity contribution < 1.29 is 41.9 Å². The maximum atomic E-state index is 14.8. The van der Waals surface area contributed by atoms with Crippen molar-refractivity contribution in [2.45, 2.75) is 114 Å². The number of nitrogens with one attached hydrogen (secondary N) is 2. The van der Waals surface area contributed by atoms with Gasteiger partial charge in [0, 0.05) is 132 Å². The summed E-state index contributed by atoms with van der Waals surface area (Å²) in [4.78, 5) is 96.4. The number of benzene rings is 3. The van der Waals surface area contributed by atoms with E-state index in [1.165, 1.54) is 16.7 Å². The highest BCUT2D eigenvalue weighted by Crippen LogP contribution is 2.49. The van der Waals surface area contributed by atoms with E-state index in [1.54, 1.807) is 32.3 Å². The minimum atomic E-state index is -1.26. The Morgan fingerprint density at radius 1 is 0.610 bits per heavy atom. The standard InChI is InChI=1S/C31H28F3N3O3.C30H30N4O3/c1-3-37-16(2)20(27-22(32)8-9-23(33)28(27)34)11-17(29(37)39)12-26(38)19-10-18-13-31(14-25(18)35-15-19)21-6-4-5-7-24(21)36-30(31)40;1-3-34-18(2)23(19-8-5-4-6-9-19)13-20(28(34)36)14-26(35)22-12-21-15-30(16-25(21)32-17-22)24-10-7-11-31-27(24)33-29(30)37/h4-10,15-17,20H,3,11-14H2,1-2H3,(H,36,40);4-12,17-18,20,23H,3,13-16H2,1-2H3,(H,31,33,37)/t16-,17-,20-,31+;18-,20-,23-,30+/m11/s1. The van der Waals surface area contributed by atoms with Gasteiger partial charge in [0.2, 0.25) is 23.6 Å². The van der Waals surface area contributed by atoms with Crippen LogP contribution < -0.4 is 10.6 Å². The number of piperidine rings is 2. The van der Waals surface area contributed by atoms with E-state index in [0.29, 0.717) is 55.6 Å². The number of pyridine rings is 3. The lowest BCUT2D eigenvalue weighted by Gasteiger charge is -2.42. The van der Waals surface area contributed by atoms with Crippen LogP contribution in [0.3, 0.4) is 0 Å². The molecule has 2 aliphatic carbocycles. The Labute approximate surface area is 444 Å². The molecular formula is C61H58F3N7O6. The largest absolute Gasteiger partial charge is 0.339 e. The van der Waals surface area contributed by atoms with E-state index in [2.05, 4.69) is 44.6 Å². The lowest BCUT2D eigenvalue weighted by atomic mass is 9.76. The quantitative estimate of drug-likeness (QED) is 0.100. The number of rotatable bonds is 10. The van der Waals surface area contributed by atoms with Crippen molar-refractivity contribution in [3.05, 3.63) is 183 Å². The first-order chi connectivity index (χ1) is 37.0. The number of hydrogen-bond donors (Lipinski definition) is 2. The number of fused-ring (bicyclic) bond motifs is 6. The van der Waals surface area contributed by atoms with Gasteiger partial charge in [0.15, 0.2) is 23.2 Å². The summed E-state index contributed by atoms with van der Waals surface area (Å²) in [5, 5.41) is 5.86. The summed E-state index contributed by atoms with van der Waals surface area (Å²) < 4.78 is 43.5. The lowest BCUT2D eigenvalue weighted by Crippen LogP contribution is -2.50. The molecule has 0 bridgehead atoms. The first-order valence-corrected chi connectivity index (χ1v) is 26.5. The van der Waals surface area contributed by atoms with Gasteiger partial charge in [-0.2, -0.15) is 0 Å². The molecule has 13 nitrogen and oxygen atoms in total. The van der Waals surface area contributed by atoms with Gasteiger partial charge in [-0.05, 0) is 112 Å². The predicted octanol–water partition coefficient (Wildman–Crippen LogP) is 9.18. The molecule has 3 aromatic carbocycles. The van der Waals surface area contributed by atoms with Crippen LogP contribution in [0.1, 0.15) is 131 Å². The zero-order valence-electron chi connectivity index (χ0n) is 43.2. The monoisotopic (exact) mass is 1040 g/mol. The summed E-state index contributed by atoms with van der Waals surface area (Å²) in [6.45, 7) is 8.44. The molecular weight excluding hydrogens is 984 g/mol. The smallest absolute Gasteiger partial charge is 0.237 e. The number of para-hydroxylation sites is 1. The number of likely N-dealkylation sites (N-methyl/N-ethyl adjacent to an activating group) is 2. The van der Waals surface area contributed by atoms with E-state index in [-0.39, 0.29) is 78.9 Å². The normalized spacial score (nSPS) is 25.7. The molecule has 2 spiro atoms. The molecule has 2 fully saturated rings. The SMILES string of the molecule is CCN1C(=O)[C@@H](CC(=O)c2cnc3c(c2)C[C@@]2(C3)C(=O)Nc3ccccc32)C[C@@H](c2c(F)ccc(F)c2F)[C@H]1C.CCN1C(=O)[C@@H](CC(=O)c2cnc3c(c2)C[C@@]2(C3)C(=O)Nc3ncccc32)C[C@@H](c2ccccc2)[C@H]1C. The van der Waals surface area contributed by atoms with Gasteiger partial charge in [-0.25, -0.2) is 18.2 Å². The zero-order valence-corrected chi connectivity index (χ0v) is 43.2. The third kappa shape index (κ3) is 8.69. The molecule has 2 N–H and O–H groups in total. The van der Waals surface area contributed by atoms with Crippen LogP contribution in [0.5, 0.6) is 0 Å². The van der Waals surface area contributed by atoms with Crippen LogP contribution in [0.25, 0.3) is 0 Å². The summed E-state index contributed by atoms with van der Waals surface area (Å²) in [5.74, 6) is -5.30. The molecule has 77 heavy (non-hydrogen) atoms. The summed E-state index contributed by atoms with van der Waals surface area (Å²) >= 11 is 0. The molecule has 8 atom stereocenters. The molecule has 7 heterocycles. The van der Waals surface area contributed by atoms with Gasteiger partial charge in [-0.3, -0.25) is 38.7 Å². The second-order valence-corrected chi connectivity index (χ2v) is 21.6. The molecule has 3 aromatic heterocycles. The summed E-state index contributed by atoms with van der Waals surface area (Å²) in [5.41, 5.74) is 6.03.